The SMILES string of the molecule is COc1ccc(F)c(CN2CCNC[C@H]2C)c1. The molecule has 0 aliphatic carbocycles. The summed E-state index contributed by atoms with van der Waals surface area (Å²) in [5, 5.41) is 3.33. The summed E-state index contributed by atoms with van der Waals surface area (Å²) in [6.45, 7) is 5.69. The number of halogens is 1. The summed E-state index contributed by atoms with van der Waals surface area (Å²) in [6.07, 6.45) is 0. The van der Waals surface area contributed by atoms with Crippen molar-refractivity contribution in [2.24, 2.45) is 0 Å². The predicted molar refractivity (Wildman–Crippen MR) is 65.7 cm³/mol. The molecule has 0 unspecified atom stereocenters. The Morgan fingerprint density at radius 1 is 1.53 bits per heavy atom. The van der Waals surface area contributed by atoms with Crippen LogP contribution in [0.25, 0.3) is 0 Å². The van der Waals surface area contributed by atoms with Gasteiger partial charge in [-0.15, -0.1) is 0 Å². The summed E-state index contributed by atoms with van der Waals surface area (Å²) in [5.41, 5.74) is 0.707. The Balaban J connectivity index is 2.11. The van der Waals surface area contributed by atoms with Crippen LogP contribution < -0.4 is 10.1 Å². The topological polar surface area (TPSA) is 24.5 Å². The molecule has 1 atom stereocenters. The molecule has 0 bridgehead atoms. The van der Waals surface area contributed by atoms with Gasteiger partial charge in [0.1, 0.15) is 11.6 Å². The van der Waals surface area contributed by atoms with Gasteiger partial charge in [-0.25, -0.2) is 4.39 Å². The first kappa shape index (κ1) is 12.3. The van der Waals surface area contributed by atoms with Gasteiger partial charge in [0.05, 0.1) is 7.11 Å². The van der Waals surface area contributed by atoms with Crippen molar-refractivity contribution in [1.29, 1.82) is 0 Å². The van der Waals surface area contributed by atoms with E-state index >= 15 is 0 Å². The molecule has 3 nitrogen and oxygen atoms in total. The lowest BCUT2D eigenvalue weighted by atomic mass is 10.1. The smallest absolute Gasteiger partial charge is 0.127 e. The Bertz CT molecular complexity index is 384. The number of benzene rings is 1. The maximum atomic E-state index is 13.7. The van der Waals surface area contributed by atoms with Crippen molar-refractivity contribution in [2.45, 2.75) is 19.5 Å². The number of hydrogen-bond donors (Lipinski definition) is 1. The molecular weight excluding hydrogens is 219 g/mol. The second kappa shape index (κ2) is 5.47. The zero-order valence-electron chi connectivity index (χ0n) is 10.4. The summed E-state index contributed by atoms with van der Waals surface area (Å²) >= 11 is 0. The zero-order valence-corrected chi connectivity index (χ0v) is 10.4. The fourth-order valence-electron chi connectivity index (χ4n) is 2.14. The molecule has 1 aliphatic heterocycles. The molecule has 4 heteroatoms. The standard InChI is InChI=1S/C13H19FN2O/c1-10-8-15-5-6-16(10)9-11-7-12(17-2)3-4-13(11)14/h3-4,7,10,15H,5-6,8-9H2,1-2H3/t10-/m1/s1. The minimum absolute atomic E-state index is 0.156. The van der Waals surface area contributed by atoms with Crippen molar-refractivity contribution in [2.75, 3.05) is 26.7 Å². The fraction of sp³-hybridized carbons (Fsp3) is 0.538. The second-order valence-corrected chi connectivity index (χ2v) is 4.48. The molecule has 0 aromatic heterocycles. The van der Waals surface area contributed by atoms with Gasteiger partial charge in [-0.05, 0) is 25.1 Å². The summed E-state index contributed by atoms with van der Waals surface area (Å²) in [4.78, 5) is 2.29. The molecule has 1 aromatic carbocycles. The molecule has 1 aliphatic rings. The first-order chi connectivity index (χ1) is 8.20. The van der Waals surface area contributed by atoms with E-state index in [0.29, 0.717) is 23.9 Å². The van der Waals surface area contributed by atoms with Crippen molar-refractivity contribution in [3.63, 3.8) is 0 Å². The second-order valence-electron chi connectivity index (χ2n) is 4.48. The molecule has 94 valence electrons. The van der Waals surface area contributed by atoms with Gasteiger partial charge in [-0.2, -0.15) is 0 Å². The van der Waals surface area contributed by atoms with Crippen LogP contribution in [0.3, 0.4) is 0 Å². The van der Waals surface area contributed by atoms with Gasteiger partial charge in [0, 0.05) is 37.8 Å². The van der Waals surface area contributed by atoms with Gasteiger partial charge in [-0.3, -0.25) is 4.90 Å². The lowest BCUT2D eigenvalue weighted by molar-refractivity contribution is 0.163. The largest absolute Gasteiger partial charge is 0.497 e. The monoisotopic (exact) mass is 238 g/mol. The van der Waals surface area contributed by atoms with Crippen LogP contribution in [-0.2, 0) is 6.54 Å². The average Bonchev–Trinajstić information content (AvgIpc) is 2.35. The Morgan fingerprint density at radius 3 is 3.06 bits per heavy atom. The van der Waals surface area contributed by atoms with Crippen molar-refractivity contribution in [3.05, 3.63) is 29.6 Å². The van der Waals surface area contributed by atoms with Crippen molar-refractivity contribution in [1.82, 2.24) is 10.2 Å². The predicted octanol–water partition coefficient (Wildman–Crippen LogP) is 1.63. The maximum Gasteiger partial charge on any atom is 0.127 e. The normalized spacial score (nSPS) is 21.5. The summed E-state index contributed by atoms with van der Waals surface area (Å²) in [5.74, 6) is 0.556. The van der Waals surface area contributed by atoms with Crippen LogP contribution in [0.4, 0.5) is 4.39 Å². The molecule has 1 saturated heterocycles. The molecule has 0 amide bonds. The van der Waals surface area contributed by atoms with Crippen molar-refractivity contribution < 1.29 is 9.13 Å². The van der Waals surface area contributed by atoms with Crippen molar-refractivity contribution in [3.8, 4) is 5.75 Å². The molecule has 0 saturated carbocycles. The highest BCUT2D eigenvalue weighted by Crippen LogP contribution is 2.19. The summed E-state index contributed by atoms with van der Waals surface area (Å²) in [6, 6.07) is 5.35. The highest BCUT2D eigenvalue weighted by atomic mass is 19.1. The number of rotatable bonds is 3. The van der Waals surface area contributed by atoms with E-state index in [1.807, 2.05) is 0 Å². The Labute approximate surface area is 102 Å². The van der Waals surface area contributed by atoms with Gasteiger partial charge in [-0.1, -0.05) is 0 Å². The van der Waals surface area contributed by atoms with Gasteiger partial charge >= 0.3 is 0 Å². The fourth-order valence-corrected chi connectivity index (χ4v) is 2.14. The van der Waals surface area contributed by atoms with E-state index in [0.717, 1.165) is 19.6 Å². The van der Waals surface area contributed by atoms with Gasteiger partial charge < -0.3 is 10.1 Å². The highest BCUT2D eigenvalue weighted by molar-refractivity contribution is 5.29. The average molecular weight is 238 g/mol. The summed E-state index contributed by atoms with van der Waals surface area (Å²) in [7, 11) is 1.60. The van der Waals surface area contributed by atoms with Gasteiger partial charge in [0.25, 0.3) is 0 Å². The molecular formula is C13H19FN2O. The van der Waals surface area contributed by atoms with E-state index in [4.69, 9.17) is 4.74 Å². The number of ether oxygens (including phenoxy) is 1. The van der Waals surface area contributed by atoms with Gasteiger partial charge in [0.2, 0.25) is 0 Å². The molecule has 1 aromatic rings. The minimum Gasteiger partial charge on any atom is -0.497 e. The molecule has 17 heavy (non-hydrogen) atoms. The summed E-state index contributed by atoms with van der Waals surface area (Å²) < 4.78 is 18.8. The molecule has 1 N–H and O–H groups in total. The zero-order chi connectivity index (χ0) is 12.3. The van der Waals surface area contributed by atoms with Gasteiger partial charge in [0.15, 0.2) is 0 Å². The number of piperazine rings is 1. The van der Waals surface area contributed by atoms with Crippen LogP contribution in [0.2, 0.25) is 0 Å². The van der Waals surface area contributed by atoms with E-state index in [2.05, 4.69) is 17.1 Å². The Hall–Kier alpha value is -1.13. The van der Waals surface area contributed by atoms with E-state index in [1.54, 1.807) is 19.2 Å². The van der Waals surface area contributed by atoms with E-state index in [9.17, 15) is 4.39 Å². The van der Waals surface area contributed by atoms with Crippen LogP contribution in [0.1, 0.15) is 12.5 Å². The van der Waals surface area contributed by atoms with Crippen LogP contribution >= 0.6 is 0 Å². The Morgan fingerprint density at radius 2 is 2.35 bits per heavy atom. The molecule has 1 heterocycles. The lowest BCUT2D eigenvalue weighted by Gasteiger charge is -2.34. The third-order valence-corrected chi connectivity index (χ3v) is 3.27. The quantitative estimate of drug-likeness (QED) is 0.866. The number of methoxy groups -OCH3 is 1. The third-order valence-electron chi connectivity index (χ3n) is 3.27. The lowest BCUT2D eigenvalue weighted by Crippen LogP contribution is -2.49. The number of nitrogens with one attached hydrogen (secondary N) is 1. The maximum absolute atomic E-state index is 13.7. The Kier molecular flexibility index (Phi) is 3.97. The van der Waals surface area contributed by atoms with Crippen LogP contribution in [0.15, 0.2) is 18.2 Å². The molecule has 0 spiro atoms. The van der Waals surface area contributed by atoms with E-state index < -0.39 is 0 Å². The number of hydrogen-bond acceptors (Lipinski definition) is 3. The van der Waals surface area contributed by atoms with Crippen LogP contribution in [0, 0.1) is 5.82 Å². The third kappa shape index (κ3) is 2.96. The van der Waals surface area contributed by atoms with Crippen molar-refractivity contribution >= 4 is 0 Å². The highest BCUT2D eigenvalue weighted by Gasteiger charge is 2.19. The first-order valence-electron chi connectivity index (χ1n) is 5.98. The first-order valence-corrected chi connectivity index (χ1v) is 5.98. The van der Waals surface area contributed by atoms with Crippen LogP contribution in [0.5, 0.6) is 5.75 Å². The molecule has 0 radical (unpaired) electrons. The number of nitrogens with zero attached hydrogens (tertiary/aromatic N) is 1. The van der Waals surface area contributed by atoms with Crippen LogP contribution in [-0.4, -0.2) is 37.7 Å². The molecule has 1 fully saturated rings. The van der Waals surface area contributed by atoms with E-state index in [1.165, 1.54) is 6.07 Å². The minimum atomic E-state index is -0.156. The molecule has 2 rings (SSSR count). The van der Waals surface area contributed by atoms with E-state index in [-0.39, 0.29) is 5.82 Å².